The first-order valence-corrected chi connectivity index (χ1v) is 6.18. The van der Waals surface area contributed by atoms with Gasteiger partial charge in [0.15, 0.2) is 5.82 Å². The van der Waals surface area contributed by atoms with Gasteiger partial charge in [-0.05, 0) is 52.0 Å². The Kier molecular flexibility index (Phi) is 3.00. The third-order valence-corrected chi connectivity index (χ3v) is 3.71. The van der Waals surface area contributed by atoms with Crippen LogP contribution in [-0.4, -0.2) is 26.8 Å². The van der Waals surface area contributed by atoms with Gasteiger partial charge in [-0.15, -0.1) is 5.10 Å². The smallest absolute Gasteiger partial charge is 0.339 e. The van der Waals surface area contributed by atoms with Gasteiger partial charge in [0, 0.05) is 5.54 Å². The summed E-state index contributed by atoms with van der Waals surface area (Å²) in [6.45, 7) is 7.69. The molecule has 1 aromatic heterocycles. The molecular formula is C13H19N3O2. The van der Waals surface area contributed by atoms with Crippen molar-refractivity contribution in [2.24, 2.45) is 5.92 Å². The normalized spacial score (nSPS) is 15.6. The van der Waals surface area contributed by atoms with Gasteiger partial charge in [-0.1, -0.05) is 0 Å². The van der Waals surface area contributed by atoms with Crippen LogP contribution in [0.4, 0.5) is 5.82 Å². The van der Waals surface area contributed by atoms with E-state index in [0.29, 0.717) is 23.0 Å². The molecule has 0 amide bonds. The predicted molar refractivity (Wildman–Crippen MR) is 68.9 cm³/mol. The Morgan fingerprint density at radius 3 is 2.44 bits per heavy atom. The maximum absolute atomic E-state index is 11.4. The van der Waals surface area contributed by atoms with Gasteiger partial charge in [0.1, 0.15) is 5.56 Å². The summed E-state index contributed by atoms with van der Waals surface area (Å²) in [7, 11) is 0. The number of hydrogen-bond acceptors (Lipinski definition) is 4. The standard InChI is InChI=1S/C13H19N3O2/c1-7-8(2)15-16-11(10(7)12(17)18)14-13(3,4)9-5-6-9/h9H,5-6H2,1-4H3,(H,14,16)(H,17,18). The Morgan fingerprint density at radius 1 is 1.33 bits per heavy atom. The number of anilines is 1. The molecule has 2 rings (SSSR count). The highest BCUT2D eigenvalue weighted by Gasteiger charge is 2.38. The van der Waals surface area contributed by atoms with Gasteiger partial charge in [-0.3, -0.25) is 0 Å². The van der Waals surface area contributed by atoms with E-state index >= 15 is 0 Å². The van der Waals surface area contributed by atoms with Gasteiger partial charge in [0.2, 0.25) is 0 Å². The Morgan fingerprint density at radius 2 is 1.94 bits per heavy atom. The van der Waals surface area contributed by atoms with Crippen LogP contribution in [-0.2, 0) is 0 Å². The molecule has 0 atom stereocenters. The average Bonchev–Trinajstić information content (AvgIpc) is 3.06. The Balaban J connectivity index is 2.38. The molecule has 98 valence electrons. The van der Waals surface area contributed by atoms with Crippen molar-refractivity contribution in [1.29, 1.82) is 0 Å². The summed E-state index contributed by atoms with van der Waals surface area (Å²) in [6, 6.07) is 0. The van der Waals surface area contributed by atoms with E-state index in [1.807, 2.05) is 0 Å². The molecule has 0 radical (unpaired) electrons. The molecule has 0 bridgehead atoms. The summed E-state index contributed by atoms with van der Waals surface area (Å²) in [5, 5.41) is 20.6. The summed E-state index contributed by atoms with van der Waals surface area (Å²) in [4.78, 5) is 11.4. The van der Waals surface area contributed by atoms with Crippen molar-refractivity contribution < 1.29 is 9.90 Å². The third-order valence-electron chi connectivity index (χ3n) is 3.71. The minimum absolute atomic E-state index is 0.138. The van der Waals surface area contributed by atoms with Crippen LogP contribution < -0.4 is 5.32 Å². The maximum atomic E-state index is 11.4. The summed E-state index contributed by atoms with van der Waals surface area (Å²) in [6.07, 6.45) is 2.36. The second kappa shape index (κ2) is 4.23. The first-order chi connectivity index (χ1) is 8.33. The van der Waals surface area contributed by atoms with E-state index in [4.69, 9.17) is 0 Å². The molecule has 18 heavy (non-hydrogen) atoms. The Hall–Kier alpha value is -1.65. The van der Waals surface area contributed by atoms with Crippen molar-refractivity contribution >= 4 is 11.8 Å². The lowest BCUT2D eigenvalue weighted by Gasteiger charge is -2.27. The molecule has 2 N–H and O–H groups in total. The van der Waals surface area contributed by atoms with E-state index < -0.39 is 5.97 Å². The van der Waals surface area contributed by atoms with Crippen molar-refractivity contribution in [1.82, 2.24) is 10.2 Å². The fourth-order valence-electron chi connectivity index (χ4n) is 2.17. The number of aromatic carboxylic acids is 1. The number of carbonyl (C=O) groups is 1. The summed E-state index contributed by atoms with van der Waals surface area (Å²) >= 11 is 0. The maximum Gasteiger partial charge on any atom is 0.339 e. The van der Waals surface area contributed by atoms with E-state index in [0.717, 1.165) is 0 Å². The molecule has 1 aliphatic rings. The monoisotopic (exact) mass is 249 g/mol. The van der Waals surface area contributed by atoms with Crippen LogP contribution in [0.3, 0.4) is 0 Å². The lowest BCUT2D eigenvalue weighted by molar-refractivity contribution is 0.0696. The highest BCUT2D eigenvalue weighted by atomic mass is 16.4. The first kappa shape index (κ1) is 12.8. The second-order valence-corrected chi connectivity index (χ2v) is 5.56. The van der Waals surface area contributed by atoms with Gasteiger partial charge in [0.25, 0.3) is 0 Å². The molecular weight excluding hydrogens is 230 g/mol. The van der Waals surface area contributed by atoms with Crippen LogP contribution >= 0.6 is 0 Å². The van der Waals surface area contributed by atoms with Crippen LogP contribution in [0.15, 0.2) is 0 Å². The molecule has 1 heterocycles. The van der Waals surface area contributed by atoms with Crippen LogP contribution in [0.2, 0.25) is 0 Å². The molecule has 0 aliphatic heterocycles. The average molecular weight is 249 g/mol. The van der Waals surface area contributed by atoms with Crippen molar-refractivity contribution in [2.75, 3.05) is 5.32 Å². The minimum atomic E-state index is -0.959. The van der Waals surface area contributed by atoms with E-state index in [1.54, 1.807) is 13.8 Å². The van der Waals surface area contributed by atoms with Crippen molar-refractivity contribution in [2.45, 2.75) is 46.1 Å². The van der Waals surface area contributed by atoms with E-state index in [9.17, 15) is 9.90 Å². The third kappa shape index (κ3) is 2.30. The Labute approximate surface area is 107 Å². The van der Waals surface area contributed by atoms with Gasteiger partial charge < -0.3 is 10.4 Å². The lowest BCUT2D eigenvalue weighted by Crippen LogP contribution is -2.35. The number of aryl methyl sites for hydroxylation is 1. The fourth-order valence-corrected chi connectivity index (χ4v) is 2.17. The zero-order valence-corrected chi connectivity index (χ0v) is 11.2. The zero-order chi connectivity index (χ0) is 13.5. The van der Waals surface area contributed by atoms with Crippen LogP contribution in [0, 0.1) is 19.8 Å². The molecule has 1 aromatic rings. The lowest BCUT2D eigenvalue weighted by atomic mass is 9.98. The fraction of sp³-hybridized carbons (Fsp3) is 0.615. The van der Waals surface area contributed by atoms with Gasteiger partial charge >= 0.3 is 5.97 Å². The molecule has 0 saturated heterocycles. The summed E-state index contributed by atoms with van der Waals surface area (Å²) < 4.78 is 0. The summed E-state index contributed by atoms with van der Waals surface area (Å²) in [5.74, 6) is 0.00431. The highest BCUT2D eigenvalue weighted by Crippen LogP contribution is 2.41. The number of hydrogen-bond donors (Lipinski definition) is 2. The summed E-state index contributed by atoms with van der Waals surface area (Å²) in [5.41, 5.74) is 1.42. The largest absolute Gasteiger partial charge is 0.478 e. The number of nitrogens with one attached hydrogen (secondary N) is 1. The molecule has 1 saturated carbocycles. The van der Waals surface area contributed by atoms with E-state index in [1.165, 1.54) is 12.8 Å². The van der Waals surface area contributed by atoms with Crippen LogP contribution in [0.1, 0.15) is 48.3 Å². The van der Waals surface area contributed by atoms with Gasteiger partial charge in [-0.2, -0.15) is 5.10 Å². The first-order valence-electron chi connectivity index (χ1n) is 6.18. The number of carboxylic acid groups (broad SMARTS) is 1. The zero-order valence-electron chi connectivity index (χ0n) is 11.2. The minimum Gasteiger partial charge on any atom is -0.478 e. The van der Waals surface area contributed by atoms with E-state index in [2.05, 4.69) is 29.4 Å². The molecule has 0 spiro atoms. The van der Waals surface area contributed by atoms with E-state index in [-0.39, 0.29) is 11.1 Å². The van der Waals surface area contributed by atoms with Crippen LogP contribution in [0.5, 0.6) is 0 Å². The number of rotatable bonds is 4. The topological polar surface area (TPSA) is 75.1 Å². The Bertz CT molecular complexity index is 493. The van der Waals surface area contributed by atoms with Gasteiger partial charge in [-0.25, -0.2) is 4.79 Å². The number of aromatic nitrogens is 2. The molecule has 1 fully saturated rings. The molecule has 0 unspecified atom stereocenters. The van der Waals surface area contributed by atoms with Crippen molar-refractivity contribution in [3.63, 3.8) is 0 Å². The second-order valence-electron chi connectivity index (χ2n) is 5.56. The van der Waals surface area contributed by atoms with Crippen molar-refractivity contribution in [3.8, 4) is 0 Å². The predicted octanol–water partition coefficient (Wildman–Crippen LogP) is 2.39. The number of carboxylic acids is 1. The highest BCUT2D eigenvalue weighted by molar-refractivity contribution is 5.95. The molecule has 0 aromatic carbocycles. The molecule has 5 heteroatoms. The van der Waals surface area contributed by atoms with Crippen LogP contribution in [0.25, 0.3) is 0 Å². The van der Waals surface area contributed by atoms with Gasteiger partial charge in [0.05, 0.1) is 5.69 Å². The molecule has 1 aliphatic carbocycles. The quantitative estimate of drug-likeness (QED) is 0.857. The van der Waals surface area contributed by atoms with Crippen molar-refractivity contribution in [3.05, 3.63) is 16.8 Å². The molecule has 5 nitrogen and oxygen atoms in total. The SMILES string of the molecule is Cc1nnc(NC(C)(C)C2CC2)c(C(=O)O)c1C. The number of nitrogens with zero attached hydrogens (tertiary/aromatic N) is 2.